The molecule has 0 aromatic rings. The molecule has 0 rings (SSSR count). The third-order valence-corrected chi connectivity index (χ3v) is 4.46. The van der Waals surface area contributed by atoms with E-state index in [1.54, 1.807) is 0 Å². The summed E-state index contributed by atoms with van der Waals surface area (Å²) in [5.74, 6) is 0. The van der Waals surface area contributed by atoms with Crippen LogP contribution in [0, 0.1) is 0 Å². The fraction of sp³-hybridized carbons (Fsp3) is 0.867. The van der Waals surface area contributed by atoms with Crippen LogP contribution >= 0.6 is 0 Å². The molecule has 0 aliphatic rings. The SMILES string of the molecule is C=CC([SiH3])CCCCCCCCCCCC. The average Bonchev–Trinajstić information content (AvgIpc) is 2.31. The summed E-state index contributed by atoms with van der Waals surface area (Å²) in [6.07, 6.45) is 18.0. The summed E-state index contributed by atoms with van der Waals surface area (Å²) in [4.78, 5) is 0. The third kappa shape index (κ3) is 12.0. The lowest BCUT2D eigenvalue weighted by Gasteiger charge is -2.05. The normalized spacial score (nSPS) is 12.8. The maximum atomic E-state index is 3.86. The van der Waals surface area contributed by atoms with Crippen LogP contribution in [-0.2, 0) is 0 Å². The van der Waals surface area contributed by atoms with Crippen molar-refractivity contribution in [1.82, 2.24) is 0 Å². The van der Waals surface area contributed by atoms with Gasteiger partial charge in [0.2, 0.25) is 0 Å². The molecule has 0 aliphatic carbocycles. The predicted molar refractivity (Wildman–Crippen MR) is 80.3 cm³/mol. The molecule has 0 heterocycles. The monoisotopic (exact) mass is 240 g/mol. The highest BCUT2D eigenvalue weighted by Gasteiger charge is 1.96. The van der Waals surface area contributed by atoms with Crippen molar-refractivity contribution in [3.8, 4) is 0 Å². The van der Waals surface area contributed by atoms with Gasteiger partial charge in [-0.2, -0.15) is 0 Å². The first-order valence-corrected chi connectivity index (χ1v) is 8.59. The van der Waals surface area contributed by atoms with Gasteiger partial charge in [0.25, 0.3) is 0 Å². The van der Waals surface area contributed by atoms with Gasteiger partial charge in [-0.3, -0.25) is 0 Å². The molecule has 1 unspecified atom stereocenters. The summed E-state index contributed by atoms with van der Waals surface area (Å²) in [5, 5.41) is 0. The fourth-order valence-electron chi connectivity index (χ4n) is 2.07. The fourth-order valence-corrected chi connectivity index (χ4v) is 2.48. The van der Waals surface area contributed by atoms with E-state index in [4.69, 9.17) is 0 Å². The zero-order valence-corrected chi connectivity index (χ0v) is 13.6. The highest BCUT2D eigenvalue weighted by atomic mass is 28.1. The van der Waals surface area contributed by atoms with Crippen LogP contribution in [0.25, 0.3) is 0 Å². The van der Waals surface area contributed by atoms with E-state index in [9.17, 15) is 0 Å². The molecule has 0 saturated heterocycles. The van der Waals surface area contributed by atoms with E-state index >= 15 is 0 Å². The standard InChI is InChI=1S/C15H32Si/c1-3-5-6-7-8-9-10-11-12-13-14-15(16)4-2/h4,15H,2-3,5-14H2,1,16H3. The maximum Gasteiger partial charge on any atom is 0.0115 e. The Morgan fingerprint density at radius 2 is 1.31 bits per heavy atom. The molecule has 0 spiro atoms. The second-order valence-corrected chi connectivity index (χ2v) is 6.67. The molecule has 0 N–H and O–H groups in total. The first-order chi connectivity index (χ1) is 7.81. The molecule has 0 saturated carbocycles. The Bertz CT molecular complexity index is 142. The average molecular weight is 241 g/mol. The molecule has 0 aliphatic heterocycles. The van der Waals surface area contributed by atoms with E-state index < -0.39 is 0 Å². The lowest BCUT2D eigenvalue weighted by Crippen LogP contribution is -1.87. The molecule has 0 radical (unpaired) electrons. The van der Waals surface area contributed by atoms with Gasteiger partial charge in [-0.05, 0) is 5.54 Å². The van der Waals surface area contributed by atoms with Crippen LogP contribution in [0.3, 0.4) is 0 Å². The number of hydrogen-bond donors (Lipinski definition) is 0. The summed E-state index contributed by atoms with van der Waals surface area (Å²) in [6, 6.07) is 0. The van der Waals surface area contributed by atoms with Gasteiger partial charge >= 0.3 is 0 Å². The van der Waals surface area contributed by atoms with Crippen molar-refractivity contribution < 1.29 is 0 Å². The molecule has 96 valence electrons. The third-order valence-electron chi connectivity index (χ3n) is 3.42. The summed E-state index contributed by atoms with van der Waals surface area (Å²) in [7, 11) is 1.29. The lowest BCUT2D eigenvalue weighted by molar-refractivity contribution is 0.550. The van der Waals surface area contributed by atoms with Crippen LogP contribution in [0.2, 0.25) is 5.54 Å². The van der Waals surface area contributed by atoms with Gasteiger partial charge < -0.3 is 0 Å². The Labute approximate surface area is 106 Å². The minimum absolute atomic E-state index is 0.856. The van der Waals surface area contributed by atoms with Gasteiger partial charge in [0.1, 0.15) is 0 Å². The van der Waals surface area contributed by atoms with Crippen molar-refractivity contribution in [2.45, 2.75) is 83.1 Å². The maximum absolute atomic E-state index is 3.86. The first-order valence-electron chi connectivity index (χ1n) is 7.43. The van der Waals surface area contributed by atoms with Gasteiger partial charge in [0.05, 0.1) is 0 Å². The van der Waals surface area contributed by atoms with E-state index in [-0.39, 0.29) is 0 Å². The molecule has 0 fully saturated rings. The van der Waals surface area contributed by atoms with Crippen molar-refractivity contribution in [3.63, 3.8) is 0 Å². The van der Waals surface area contributed by atoms with Gasteiger partial charge in [0.15, 0.2) is 0 Å². The van der Waals surface area contributed by atoms with E-state index in [0.29, 0.717) is 0 Å². The topological polar surface area (TPSA) is 0 Å². The molecule has 1 atom stereocenters. The molecule has 0 aromatic carbocycles. The number of hydrogen-bond acceptors (Lipinski definition) is 0. The zero-order valence-electron chi connectivity index (χ0n) is 11.6. The van der Waals surface area contributed by atoms with Crippen LogP contribution in [-0.4, -0.2) is 10.2 Å². The van der Waals surface area contributed by atoms with E-state index in [0.717, 1.165) is 5.54 Å². The minimum atomic E-state index is 0.856. The van der Waals surface area contributed by atoms with Gasteiger partial charge in [-0.1, -0.05) is 83.6 Å². The summed E-state index contributed by atoms with van der Waals surface area (Å²) in [6.45, 7) is 6.14. The molecular formula is C15H32Si. The van der Waals surface area contributed by atoms with Crippen molar-refractivity contribution in [3.05, 3.63) is 12.7 Å². The quantitative estimate of drug-likeness (QED) is 0.265. The number of rotatable bonds is 12. The molecule has 0 amide bonds. The molecule has 0 aromatic heterocycles. The highest BCUT2D eigenvalue weighted by molar-refractivity contribution is 6.12. The van der Waals surface area contributed by atoms with E-state index in [2.05, 4.69) is 19.6 Å². The first kappa shape index (κ1) is 16.0. The Morgan fingerprint density at radius 3 is 1.75 bits per heavy atom. The molecule has 0 bridgehead atoms. The van der Waals surface area contributed by atoms with Crippen LogP contribution in [0.15, 0.2) is 12.7 Å². The van der Waals surface area contributed by atoms with Gasteiger partial charge in [-0.15, -0.1) is 6.58 Å². The molecule has 1 heteroatoms. The number of unbranched alkanes of at least 4 members (excludes halogenated alkanes) is 9. The van der Waals surface area contributed by atoms with Crippen molar-refractivity contribution >= 4 is 10.2 Å². The van der Waals surface area contributed by atoms with Crippen LogP contribution < -0.4 is 0 Å². The molecule has 16 heavy (non-hydrogen) atoms. The van der Waals surface area contributed by atoms with Crippen LogP contribution in [0.5, 0.6) is 0 Å². The van der Waals surface area contributed by atoms with Crippen LogP contribution in [0.4, 0.5) is 0 Å². The summed E-state index contributed by atoms with van der Waals surface area (Å²) in [5.41, 5.74) is 0.856. The summed E-state index contributed by atoms with van der Waals surface area (Å²) < 4.78 is 0. The predicted octanol–water partition coefficient (Wildman–Crippen LogP) is 4.64. The lowest BCUT2D eigenvalue weighted by atomic mass is 10.1. The zero-order chi connectivity index (χ0) is 12.1. The number of allylic oxidation sites excluding steroid dienone is 1. The smallest absolute Gasteiger partial charge is 0.0115 e. The largest absolute Gasteiger partial charge is 0.103 e. The van der Waals surface area contributed by atoms with E-state index in [1.165, 1.54) is 80.9 Å². The highest BCUT2D eigenvalue weighted by Crippen LogP contribution is 2.15. The Hall–Kier alpha value is -0.0431. The summed E-state index contributed by atoms with van der Waals surface area (Å²) >= 11 is 0. The minimum Gasteiger partial charge on any atom is -0.103 e. The van der Waals surface area contributed by atoms with Crippen molar-refractivity contribution in [2.75, 3.05) is 0 Å². The molecular weight excluding hydrogens is 208 g/mol. The van der Waals surface area contributed by atoms with Gasteiger partial charge in [-0.25, -0.2) is 0 Å². The van der Waals surface area contributed by atoms with E-state index in [1.807, 2.05) is 0 Å². The second kappa shape index (κ2) is 13.0. The van der Waals surface area contributed by atoms with Crippen molar-refractivity contribution in [1.29, 1.82) is 0 Å². The molecule has 0 nitrogen and oxygen atoms in total. The van der Waals surface area contributed by atoms with Crippen molar-refractivity contribution in [2.24, 2.45) is 0 Å². The Morgan fingerprint density at radius 1 is 0.875 bits per heavy atom. The Kier molecular flexibility index (Phi) is 13.0. The van der Waals surface area contributed by atoms with Gasteiger partial charge in [0, 0.05) is 10.2 Å². The second-order valence-electron chi connectivity index (χ2n) is 5.18. The Balaban J connectivity index is 2.96. The van der Waals surface area contributed by atoms with Crippen LogP contribution in [0.1, 0.15) is 77.6 Å².